The predicted molar refractivity (Wildman–Crippen MR) is 93.1 cm³/mol. The molecule has 0 unspecified atom stereocenters. The van der Waals surface area contributed by atoms with Gasteiger partial charge >= 0.3 is 0 Å². The van der Waals surface area contributed by atoms with E-state index < -0.39 is 27.1 Å². The molecule has 0 fully saturated rings. The Labute approximate surface area is 143 Å². The average molecular weight is 343 g/mol. The van der Waals surface area contributed by atoms with Crippen LogP contribution < -0.4 is 5.32 Å². The van der Waals surface area contributed by atoms with E-state index in [-0.39, 0.29) is 11.1 Å². The van der Waals surface area contributed by atoms with Crippen molar-refractivity contribution >= 4 is 23.0 Å². The number of anilines is 1. The van der Waals surface area contributed by atoms with Gasteiger partial charge in [0.1, 0.15) is 5.56 Å². The van der Waals surface area contributed by atoms with E-state index in [0.717, 1.165) is 28.8 Å². The molecule has 0 saturated heterocycles. The number of nitrogens with zero attached hydrogens (tertiary/aromatic N) is 2. The molecule has 0 aromatic heterocycles. The third kappa shape index (κ3) is 3.63. The third-order valence-electron chi connectivity index (χ3n) is 3.92. The summed E-state index contributed by atoms with van der Waals surface area (Å²) in [5, 5.41) is 24.9. The van der Waals surface area contributed by atoms with Gasteiger partial charge in [0.15, 0.2) is 0 Å². The number of benzene rings is 2. The number of rotatable bonds is 4. The normalized spacial score (nSPS) is 10.4. The van der Waals surface area contributed by atoms with E-state index in [9.17, 15) is 25.0 Å². The van der Waals surface area contributed by atoms with Crippen molar-refractivity contribution in [2.24, 2.45) is 0 Å². The van der Waals surface area contributed by atoms with Crippen LogP contribution in [0.1, 0.15) is 32.6 Å². The molecule has 8 heteroatoms. The molecular formula is C17H17N3O5. The first kappa shape index (κ1) is 18.1. The fourth-order valence-electron chi connectivity index (χ4n) is 2.76. The lowest BCUT2D eigenvalue weighted by molar-refractivity contribution is -0.395. The first-order valence-corrected chi connectivity index (χ1v) is 7.44. The molecule has 0 aliphatic heterocycles. The minimum atomic E-state index is -0.735. The lowest BCUT2D eigenvalue weighted by atomic mass is 10.0. The quantitative estimate of drug-likeness (QED) is 0.665. The summed E-state index contributed by atoms with van der Waals surface area (Å²) in [6.07, 6.45) is 0. The summed E-state index contributed by atoms with van der Waals surface area (Å²) in [7, 11) is 0. The molecule has 1 amide bonds. The van der Waals surface area contributed by atoms with Gasteiger partial charge in [-0.1, -0.05) is 17.7 Å². The largest absolute Gasteiger partial charge is 0.321 e. The summed E-state index contributed by atoms with van der Waals surface area (Å²) >= 11 is 0. The van der Waals surface area contributed by atoms with Gasteiger partial charge in [0.25, 0.3) is 17.3 Å². The molecule has 25 heavy (non-hydrogen) atoms. The zero-order valence-electron chi connectivity index (χ0n) is 14.2. The molecule has 2 rings (SSSR count). The van der Waals surface area contributed by atoms with E-state index in [4.69, 9.17) is 0 Å². The molecule has 8 nitrogen and oxygen atoms in total. The number of amides is 1. The minimum Gasteiger partial charge on any atom is -0.321 e. The number of hydrogen-bond donors (Lipinski definition) is 1. The number of carbonyl (C=O) groups is 1. The van der Waals surface area contributed by atoms with E-state index in [1.165, 1.54) is 6.92 Å². The fraction of sp³-hybridized carbons (Fsp3) is 0.235. The Morgan fingerprint density at radius 2 is 1.32 bits per heavy atom. The summed E-state index contributed by atoms with van der Waals surface area (Å²) in [6, 6.07) is 5.89. The standard InChI is InChI=1S/C17H17N3O5/c1-9-5-10(2)16(11(3)6-9)18-17(21)13-7-14(19(22)23)12(4)15(8-13)20(24)25/h5-8H,1-4H3,(H,18,21). The molecule has 0 radical (unpaired) electrons. The second-order valence-electron chi connectivity index (χ2n) is 5.88. The number of carbonyl (C=O) groups excluding carboxylic acids is 1. The maximum absolute atomic E-state index is 12.5. The SMILES string of the molecule is Cc1cc(C)c(NC(=O)c2cc([N+](=O)[O-])c(C)c([N+](=O)[O-])c2)c(C)c1. The number of nitro groups is 2. The summed E-state index contributed by atoms with van der Waals surface area (Å²) in [4.78, 5) is 33.3. The van der Waals surface area contributed by atoms with Crippen LogP contribution in [0.4, 0.5) is 17.1 Å². The Bertz CT molecular complexity index is 847. The second kappa shape index (κ2) is 6.68. The highest BCUT2D eigenvalue weighted by atomic mass is 16.6. The molecule has 2 aromatic carbocycles. The van der Waals surface area contributed by atoms with Gasteiger partial charge in [0.2, 0.25) is 0 Å². The van der Waals surface area contributed by atoms with Gasteiger partial charge < -0.3 is 5.32 Å². The summed E-state index contributed by atoms with van der Waals surface area (Å²) in [5.41, 5.74) is 2.14. The molecule has 0 aliphatic carbocycles. The van der Waals surface area contributed by atoms with Crippen molar-refractivity contribution in [3.8, 4) is 0 Å². The van der Waals surface area contributed by atoms with Crippen molar-refractivity contribution in [2.75, 3.05) is 5.32 Å². The van der Waals surface area contributed by atoms with Gasteiger partial charge in [-0.2, -0.15) is 0 Å². The lowest BCUT2D eigenvalue weighted by Crippen LogP contribution is -2.15. The first-order chi connectivity index (χ1) is 11.6. The van der Waals surface area contributed by atoms with E-state index in [1.54, 1.807) is 0 Å². The van der Waals surface area contributed by atoms with Crippen molar-refractivity contribution in [2.45, 2.75) is 27.7 Å². The summed E-state index contributed by atoms with van der Waals surface area (Å²) < 4.78 is 0. The highest BCUT2D eigenvalue weighted by Crippen LogP contribution is 2.30. The molecule has 0 atom stereocenters. The van der Waals surface area contributed by atoms with Crippen LogP contribution in [0.3, 0.4) is 0 Å². The Morgan fingerprint density at radius 1 is 0.880 bits per heavy atom. The van der Waals surface area contributed by atoms with E-state index in [0.29, 0.717) is 5.69 Å². The molecule has 2 aromatic rings. The number of nitro benzene ring substituents is 2. The Balaban J connectivity index is 2.50. The highest BCUT2D eigenvalue weighted by molar-refractivity contribution is 6.06. The van der Waals surface area contributed by atoms with Crippen LogP contribution in [0.25, 0.3) is 0 Å². The number of nitrogens with one attached hydrogen (secondary N) is 1. The maximum Gasteiger partial charge on any atom is 0.279 e. The monoisotopic (exact) mass is 343 g/mol. The van der Waals surface area contributed by atoms with Crippen LogP contribution in [0.15, 0.2) is 24.3 Å². The second-order valence-corrected chi connectivity index (χ2v) is 5.88. The topological polar surface area (TPSA) is 115 Å². The predicted octanol–water partition coefficient (Wildman–Crippen LogP) is 3.99. The molecule has 130 valence electrons. The van der Waals surface area contributed by atoms with Crippen LogP contribution >= 0.6 is 0 Å². The highest BCUT2D eigenvalue weighted by Gasteiger charge is 2.25. The van der Waals surface area contributed by atoms with Gasteiger partial charge in [-0.3, -0.25) is 25.0 Å². The Morgan fingerprint density at radius 3 is 1.72 bits per heavy atom. The van der Waals surface area contributed by atoms with E-state index >= 15 is 0 Å². The van der Waals surface area contributed by atoms with Gasteiger partial charge in [0, 0.05) is 17.8 Å². The van der Waals surface area contributed by atoms with Crippen LogP contribution in [-0.4, -0.2) is 15.8 Å². The zero-order chi connectivity index (χ0) is 18.9. The van der Waals surface area contributed by atoms with E-state index in [1.807, 2.05) is 32.9 Å². The van der Waals surface area contributed by atoms with Crippen LogP contribution in [0.2, 0.25) is 0 Å². The minimum absolute atomic E-state index is 0.0887. The van der Waals surface area contributed by atoms with Crippen molar-refractivity contribution in [3.05, 3.63) is 72.3 Å². The Kier molecular flexibility index (Phi) is 4.82. The van der Waals surface area contributed by atoms with Crippen LogP contribution in [0, 0.1) is 47.9 Å². The molecular weight excluding hydrogens is 326 g/mol. The molecule has 0 saturated carbocycles. The molecule has 0 heterocycles. The first-order valence-electron chi connectivity index (χ1n) is 7.44. The van der Waals surface area contributed by atoms with Gasteiger partial charge in [0.05, 0.1) is 15.4 Å². The molecule has 1 N–H and O–H groups in total. The van der Waals surface area contributed by atoms with Gasteiger partial charge in [-0.25, -0.2) is 0 Å². The summed E-state index contributed by atoms with van der Waals surface area (Å²) in [5.74, 6) is -0.638. The van der Waals surface area contributed by atoms with Crippen molar-refractivity contribution in [1.29, 1.82) is 0 Å². The fourth-order valence-corrected chi connectivity index (χ4v) is 2.76. The van der Waals surface area contributed by atoms with Crippen LogP contribution in [0.5, 0.6) is 0 Å². The van der Waals surface area contributed by atoms with E-state index in [2.05, 4.69) is 5.32 Å². The average Bonchev–Trinajstić information content (AvgIpc) is 2.50. The molecule has 0 bridgehead atoms. The van der Waals surface area contributed by atoms with Crippen molar-refractivity contribution in [3.63, 3.8) is 0 Å². The third-order valence-corrected chi connectivity index (χ3v) is 3.92. The zero-order valence-corrected chi connectivity index (χ0v) is 14.2. The molecule has 0 spiro atoms. The van der Waals surface area contributed by atoms with Gasteiger partial charge in [-0.15, -0.1) is 0 Å². The number of hydrogen-bond acceptors (Lipinski definition) is 5. The number of aryl methyl sites for hydroxylation is 3. The van der Waals surface area contributed by atoms with Crippen molar-refractivity contribution in [1.82, 2.24) is 0 Å². The lowest BCUT2D eigenvalue weighted by Gasteiger charge is -2.13. The Hall–Kier alpha value is -3.29. The maximum atomic E-state index is 12.5. The smallest absolute Gasteiger partial charge is 0.279 e. The summed E-state index contributed by atoms with van der Waals surface area (Å²) in [6.45, 7) is 6.87. The van der Waals surface area contributed by atoms with Crippen LogP contribution in [-0.2, 0) is 0 Å². The van der Waals surface area contributed by atoms with Crippen molar-refractivity contribution < 1.29 is 14.6 Å². The van der Waals surface area contributed by atoms with Gasteiger partial charge in [-0.05, 0) is 38.8 Å². The molecule has 0 aliphatic rings.